The molecule has 24 heavy (non-hydrogen) atoms. The third-order valence-electron chi connectivity index (χ3n) is 3.81. The lowest BCUT2D eigenvalue weighted by atomic mass is 10.2. The number of carbonyl (C=O) groups excluding carboxylic acids is 2. The van der Waals surface area contributed by atoms with Gasteiger partial charge in [-0.1, -0.05) is 0 Å². The second kappa shape index (κ2) is 9.24. The Balaban J connectivity index is 1.73. The molecule has 3 N–H and O–H groups in total. The average molecular weight is 336 g/mol. The minimum absolute atomic E-state index is 0.0264. The van der Waals surface area contributed by atoms with Crippen LogP contribution in [0.2, 0.25) is 0 Å². The summed E-state index contributed by atoms with van der Waals surface area (Å²) in [4.78, 5) is 23.1. The van der Waals surface area contributed by atoms with E-state index in [4.69, 9.17) is 15.2 Å². The van der Waals surface area contributed by atoms with Crippen molar-refractivity contribution < 1.29 is 23.8 Å². The number of carbonyl (C=O) groups is 2. The summed E-state index contributed by atoms with van der Waals surface area (Å²) in [5, 5.41) is 2.82. The summed E-state index contributed by atoms with van der Waals surface area (Å²) in [7, 11) is 1.36. The van der Waals surface area contributed by atoms with Crippen LogP contribution in [0, 0.1) is 0 Å². The van der Waals surface area contributed by atoms with Gasteiger partial charge in [0.2, 0.25) is 0 Å². The largest absolute Gasteiger partial charge is 0.494 e. The van der Waals surface area contributed by atoms with Crippen LogP contribution in [0.3, 0.4) is 0 Å². The topological polar surface area (TPSA) is 99.9 Å². The van der Waals surface area contributed by atoms with E-state index >= 15 is 0 Å². The van der Waals surface area contributed by atoms with Gasteiger partial charge in [0.15, 0.2) is 0 Å². The fourth-order valence-electron chi connectivity index (χ4n) is 2.44. The predicted molar refractivity (Wildman–Crippen MR) is 88.8 cm³/mol. The number of ether oxygens (including phenoxy) is 3. The molecular weight excluding hydrogens is 312 g/mol. The Bertz CT molecular complexity index is 546. The molecule has 1 fully saturated rings. The lowest BCUT2D eigenvalue weighted by molar-refractivity contribution is -0.140. The normalized spacial score (nSPS) is 19.8. The average Bonchev–Trinajstić information content (AvgIpc) is 3.09. The first-order chi connectivity index (χ1) is 11.6. The molecule has 1 amide bonds. The van der Waals surface area contributed by atoms with Crippen LogP contribution in [-0.4, -0.2) is 44.3 Å². The van der Waals surface area contributed by atoms with E-state index in [2.05, 4.69) is 10.1 Å². The summed E-state index contributed by atoms with van der Waals surface area (Å²) < 4.78 is 15.7. The first-order valence-corrected chi connectivity index (χ1v) is 8.08. The van der Waals surface area contributed by atoms with Crippen LogP contribution in [0.25, 0.3) is 0 Å². The van der Waals surface area contributed by atoms with Crippen LogP contribution < -0.4 is 15.8 Å². The van der Waals surface area contributed by atoms with Gasteiger partial charge in [-0.15, -0.1) is 0 Å². The Labute approximate surface area is 141 Å². The van der Waals surface area contributed by atoms with Gasteiger partial charge in [-0.05, 0) is 43.5 Å². The van der Waals surface area contributed by atoms with E-state index in [-0.39, 0.29) is 18.0 Å². The maximum Gasteiger partial charge on any atom is 0.305 e. The number of rotatable bonds is 8. The zero-order valence-electron chi connectivity index (χ0n) is 13.8. The van der Waals surface area contributed by atoms with Crippen molar-refractivity contribution in [2.24, 2.45) is 5.73 Å². The highest BCUT2D eigenvalue weighted by atomic mass is 16.5. The number of nitrogens with one attached hydrogen (secondary N) is 1. The number of esters is 1. The number of nitrogens with two attached hydrogens (primary N) is 1. The smallest absolute Gasteiger partial charge is 0.305 e. The number of hydrogen-bond acceptors (Lipinski definition) is 6. The van der Waals surface area contributed by atoms with Crippen molar-refractivity contribution in [1.82, 2.24) is 0 Å². The highest BCUT2D eigenvalue weighted by Gasteiger charge is 2.29. The van der Waals surface area contributed by atoms with Gasteiger partial charge in [-0.25, -0.2) is 0 Å². The van der Waals surface area contributed by atoms with Gasteiger partial charge in [-0.3, -0.25) is 9.59 Å². The van der Waals surface area contributed by atoms with Gasteiger partial charge in [0, 0.05) is 18.7 Å². The Morgan fingerprint density at radius 1 is 1.29 bits per heavy atom. The van der Waals surface area contributed by atoms with Gasteiger partial charge >= 0.3 is 5.97 Å². The van der Waals surface area contributed by atoms with E-state index in [9.17, 15) is 9.59 Å². The second-order valence-electron chi connectivity index (χ2n) is 5.60. The minimum atomic E-state index is -0.437. The van der Waals surface area contributed by atoms with Gasteiger partial charge < -0.3 is 25.3 Å². The molecule has 1 heterocycles. The van der Waals surface area contributed by atoms with Crippen LogP contribution >= 0.6 is 0 Å². The van der Waals surface area contributed by atoms with Crippen LogP contribution in [0.4, 0.5) is 5.69 Å². The van der Waals surface area contributed by atoms with Crippen molar-refractivity contribution in [2.75, 3.05) is 25.6 Å². The van der Waals surface area contributed by atoms with E-state index in [1.807, 2.05) is 0 Å². The monoisotopic (exact) mass is 336 g/mol. The highest BCUT2D eigenvalue weighted by Crippen LogP contribution is 2.21. The van der Waals surface area contributed by atoms with Crippen molar-refractivity contribution >= 4 is 17.6 Å². The quantitative estimate of drug-likeness (QED) is 0.551. The third-order valence-corrected chi connectivity index (χ3v) is 3.81. The van der Waals surface area contributed by atoms with Gasteiger partial charge in [0.25, 0.3) is 5.91 Å². The molecule has 0 aromatic heterocycles. The Morgan fingerprint density at radius 2 is 2.04 bits per heavy atom. The van der Waals surface area contributed by atoms with Gasteiger partial charge in [0.1, 0.15) is 11.9 Å². The minimum Gasteiger partial charge on any atom is -0.494 e. The van der Waals surface area contributed by atoms with Crippen molar-refractivity contribution in [3.05, 3.63) is 24.3 Å². The highest BCUT2D eigenvalue weighted by molar-refractivity contribution is 5.94. The molecule has 1 aromatic rings. The Hall–Kier alpha value is -2.12. The molecule has 132 valence electrons. The fourth-order valence-corrected chi connectivity index (χ4v) is 2.44. The number of methoxy groups -OCH3 is 1. The van der Waals surface area contributed by atoms with Crippen LogP contribution in [0.15, 0.2) is 24.3 Å². The molecular formula is C17H24N2O5. The number of hydrogen-bond donors (Lipinski definition) is 2. The van der Waals surface area contributed by atoms with E-state index < -0.39 is 6.10 Å². The third kappa shape index (κ3) is 5.50. The molecule has 0 spiro atoms. The first-order valence-electron chi connectivity index (χ1n) is 8.08. The first kappa shape index (κ1) is 18.2. The maximum atomic E-state index is 12.1. The maximum absolute atomic E-state index is 12.1. The Morgan fingerprint density at radius 3 is 2.67 bits per heavy atom. The lowest BCUT2D eigenvalue weighted by Crippen LogP contribution is -2.29. The van der Waals surface area contributed by atoms with Gasteiger partial charge in [-0.2, -0.15) is 0 Å². The van der Waals surface area contributed by atoms with Crippen molar-refractivity contribution in [3.63, 3.8) is 0 Å². The van der Waals surface area contributed by atoms with Crippen LogP contribution in [0.5, 0.6) is 5.75 Å². The summed E-state index contributed by atoms with van der Waals surface area (Å²) in [5.74, 6) is 0.276. The number of amides is 1. The zero-order valence-corrected chi connectivity index (χ0v) is 13.8. The summed E-state index contributed by atoms with van der Waals surface area (Å²) in [6.07, 6.45) is 1.96. The molecule has 0 unspecified atom stereocenters. The SMILES string of the molecule is COC(=O)CCCOc1ccc(NC(=O)[C@@H]2CC[C@H](CN)O2)cc1. The number of benzene rings is 1. The molecule has 7 heteroatoms. The Kier molecular flexibility index (Phi) is 7.02. The van der Waals surface area contributed by atoms with E-state index in [0.717, 1.165) is 6.42 Å². The van der Waals surface area contributed by atoms with E-state index in [0.29, 0.717) is 43.9 Å². The summed E-state index contributed by atoms with van der Waals surface area (Å²) in [5.41, 5.74) is 6.23. The second-order valence-corrected chi connectivity index (χ2v) is 5.60. The molecule has 7 nitrogen and oxygen atoms in total. The molecule has 1 aliphatic heterocycles. The zero-order chi connectivity index (χ0) is 17.4. The molecule has 0 saturated carbocycles. The van der Waals surface area contributed by atoms with Crippen LogP contribution in [0.1, 0.15) is 25.7 Å². The fraction of sp³-hybridized carbons (Fsp3) is 0.529. The molecule has 0 aliphatic carbocycles. The standard InChI is InChI=1S/C17H24N2O5/c1-22-16(20)3-2-10-23-13-6-4-12(5-7-13)19-17(21)15-9-8-14(11-18)24-15/h4-7,14-15H,2-3,8-11,18H2,1H3,(H,19,21)/t14-,15+/m1/s1. The van der Waals surface area contributed by atoms with Gasteiger partial charge in [0.05, 0.1) is 19.8 Å². The molecule has 2 rings (SSSR count). The van der Waals surface area contributed by atoms with E-state index in [1.54, 1.807) is 24.3 Å². The molecule has 1 aromatic carbocycles. The van der Waals surface area contributed by atoms with Crippen molar-refractivity contribution in [2.45, 2.75) is 37.9 Å². The molecule has 0 radical (unpaired) electrons. The van der Waals surface area contributed by atoms with E-state index in [1.165, 1.54) is 7.11 Å². The number of anilines is 1. The summed E-state index contributed by atoms with van der Waals surface area (Å²) in [6.45, 7) is 0.864. The summed E-state index contributed by atoms with van der Waals surface area (Å²) in [6, 6.07) is 7.07. The molecule has 1 saturated heterocycles. The lowest BCUT2D eigenvalue weighted by Gasteiger charge is -2.13. The van der Waals surface area contributed by atoms with Crippen molar-refractivity contribution in [1.29, 1.82) is 0 Å². The summed E-state index contributed by atoms with van der Waals surface area (Å²) >= 11 is 0. The van der Waals surface area contributed by atoms with Crippen molar-refractivity contribution in [3.8, 4) is 5.75 Å². The molecule has 0 bridgehead atoms. The molecule has 2 atom stereocenters. The predicted octanol–water partition coefficient (Wildman–Crippen LogP) is 1.46. The molecule has 1 aliphatic rings. The van der Waals surface area contributed by atoms with Crippen LogP contribution in [-0.2, 0) is 19.1 Å².